The Labute approximate surface area is 135 Å². The van der Waals surface area contributed by atoms with Crippen molar-refractivity contribution in [1.29, 1.82) is 0 Å². The fourth-order valence-corrected chi connectivity index (χ4v) is 3.08. The number of benzene rings is 1. The van der Waals surface area contributed by atoms with Crippen molar-refractivity contribution in [2.45, 2.75) is 19.6 Å². The maximum Gasteiger partial charge on any atom is 0.122 e. The molecule has 0 spiro atoms. The van der Waals surface area contributed by atoms with Crippen molar-refractivity contribution >= 4 is 31.9 Å². The standard InChI is InChI=1S/C14H16Br2N2O2/c1-9-7-10(15)3-4-11(9)14(19)13-12(16)8-17-18(13)5-6-20-2/h3-4,7-8,14,19H,5-6H2,1-2H3. The fourth-order valence-electron chi connectivity index (χ4n) is 2.09. The number of aliphatic hydroxyl groups is 1. The summed E-state index contributed by atoms with van der Waals surface area (Å²) in [4.78, 5) is 0. The minimum atomic E-state index is -0.725. The zero-order valence-electron chi connectivity index (χ0n) is 11.3. The van der Waals surface area contributed by atoms with Crippen molar-refractivity contribution in [2.75, 3.05) is 13.7 Å². The van der Waals surface area contributed by atoms with Crippen molar-refractivity contribution in [1.82, 2.24) is 9.78 Å². The second-order valence-corrected chi connectivity index (χ2v) is 6.27. The van der Waals surface area contributed by atoms with Gasteiger partial charge in [0.05, 0.1) is 29.5 Å². The van der Waals surface area contributed by atoms with Crippen LogP contribution in [-0.2, 0) is 11.3 Å². The van der Waals surface area contributed by atoms with E-state index < -0.39 is 6.10 Å². The highest BCUT2D eigenvalue weighted by Crippen LogP contribution is 2.31. The molecule has 1 unspecified atom stereocenters. The number of aromatic nitrogens is 2. The van der Waals surface area contributed by atoms with Crippen LogP contribution in [-0.4, -0.2) is 28.6 Å². The Morgan fingerprint density at radius 2 is 2.15 bits per heavy atom. The van der Waals surface area contributed by atoms with Gasteiger partial charge in [-0.05, 0) is 46.1 Å². The second kappa shape index (κ2) is 6.85. The average Bonchev–Trinajstić information content (AvgIpc) is 2.77. The van der Waals surface area contributed by atoms with E-state index in [2.05, 4.69) is 37.0 Å². The molecule has 0 fully saturated rings. The minimum Gasteiger partial charge on any atom is -0.383 e. The Bertz CT molecular complexity index is 599. The third-order valence-electron chi connectivity index (χ3n) is 3.13. The van der Waals surface area contributed by atoms with Gasteiger partial charge in [-0.3, -0.25) is 4.68 Å². The summed E-state index contributed by atoms with van der Waals surface area (Å²) in [5.41, 5.74) is 2.64. The molecule has 2 rings (SSSR count). The third-order valence-corrected chi connectivity index (χ3v) is 4.23. The molecule has 1 N–H and O–H groups in total. The van der Waals surface area contributed by atoms with E-state index in [1.165, 1.54) is 0 Å². The predicted molar refractivity (Wildman–Crippen MR) is 84.7 cm³/mol. The Morgan fingerprint density at radius 1 is 1.40 bits per heavy atom. The van der Waals surface area contributed by atoms with E-state index in [4.69, 9.17) is 4.74 Å². The van der Waals surface area contributed by atoms with E-state index in [0.717, 1.165) is 25.8 Å². The van der Waals surface area contributed by atoms with Crippen LogP contribution in [0.25, 0.3) is 0 Å². The van der Waals surface area contributed by atoms with Crippen LogP contribution in [0.5, 0.6) is 0 Å². The molecule has 0 aliphatic carbocycles. The van der Waals surface area contributed by atoms with E-state index in [-0.39, 0.29) is 0 Å². The van der Waals surface area contributed by atoms with Crippen molar-refractivity contribution in [2.24, 2.45) is 0 Å². The van der Waals surface area contributed by atoms with Gasteiger partial charge < -0.3 is 9.84 Å². The molecule has 1 aromatic heterocycles. The van der Waals surface area contributed by atoms with E-state index in [0.29, 0.717) is 13.2 Å². The average molecular weight is 404 g/mol. The molecule has 1 atom stereocenters. The molecule has 1 heterocycles. The fraction of sp³-hybridized carbons (Fsp3) is 0.357. The number of hydrogen-bond donors (Lipinski definition) is 1. The smallest absolute Gasteiger partial charge is 0.122 e. The summed E-state index contributed by atoms with van der Waals surface area (Å²) in [5, 5.41) is 14.9. The molecule has 6 heteroatoms. The lowest BCUT2D eigenvalue weighted by molar-refractivity contribution is 0.171. The molecule has 0 saturated carbocycles. The molecular formula is C14H16Br2N2O2. The molecule has 0 bridgehead atoms. The normalized spacial score (nSPS) is 12.7. The highest BCUT2D eigenvalue weighted by atomic mass is 79.9. The molecule has 0 amide bonds. The molecular weight excluding hydrogens is 388 g/mol. The highest BCUT2D eigenvalue weighted by Gasteiger charge is 2.21. The number of nitrogens with zero attached hydrogens (tertiary/aromatic N) is 2. The molecule has 4 nitrogen and oxygen atoms in total. The third kappa shape index (κ3) is 3.31. The Kier molecular flexibility index (Phi) is 5.37. The van der Waals surface area contributed by atoms with Crippen LogP contribution in [0, 0.1) is 6.92 Å². The van der Waals surface area contributed by atoms with Gasteiger partial charge in [-0.25, -0.2) is 0 Å². The van der Waals surface area contributed by atoms with Gasteiger partial charge >= 0.3 is 0 Å². The number of halogens is 2. The molecule has 0 aliphatic rings. The maximum absolute atomic E-state index is 10.7. The Hall–Kier alpha value is -0.690. The number of aliphatic hydroxyl groups excluding tert-OH is 1. The first-order valence-electron chi connectivity index (χ1n) is 6.19. The topological polar surface area (TPSA) is 47.3 Å². The number of aryl methyl sites for hydroxylation is 1. The van der Waals surface area contributed by atoms with Crippen LogP contribution < -0.4 is 0 Å². The largest absolute Gasteiger partial charge is 0.383 e. The van der Waals surface area contributed by atoms with Crippen molar-refractivity contribution in [3.63, 3.8) is 0 Å². The molecule has 0 aliphatic heterocycles. The molecule has 108 valence electrons. The molecule has 20 heavy (non-hydrogen) atoms. The lowest BCUT2D eigenvalue weighted by atomic mass is 10.0. The van der Waals surface area contributed by atoms with Gasteiger partial charge in [-0.1, -0.05) is 22.0 Å². The summed E-state index contributed by atoms with van der Waals surface area (Å²) >= 11 is 6.88. The first kappa shape index (κ1) is 15.7. The predicted octanol–water partition coefficient (Wildman–Crippen LogP) is 3.44. The van der Waals surface area contributed by atoms with Crippen molar-refractivity contribution < 1.29 is 9.84 Å². The zero-order valence-corrected chi connectivity index (χ0v) is 14.5. The summed E-state index contributed by atoms with van der Waals surface area (Å²) in [7, 11) is 1.65. The van der Waals surface area contributed by atoms with Crippen LogP contribution in [0.1, 0.15) is 22.9 Å². The SMILES string of the molecule is COCCn1ncc(Br)c1C(O)c1ccc(Br)cc1C. The Balaban J connectivity index is 2.37. The summed E-state index contributed by atoms with van der Waals surface area (Å²) in [6, 6.07) is 5.84. The van der Waals surface area contributed by atoms with E-state index in [1.54, 1.807) is 18.0 Å². The zero-order chi connectivity index (χ0) is 14.7. The molecule has 0 saturated heterocycles. The van der Waals surface area contributed by atoms with Gasteiger partial charge in [-0.15, -0.1) is 0 Å². The lowest BCUT2D eigenvalue weighted by Gasteiger charge is -2.16. The number of methoxy groups -OCH3 is 1. The van der Waals surface area contributed by atoms with Crippen molar-refractivity contribution in [3.05, 3.63) is 50.2 Å². The van der Waals surface area contributed by atoms with E-state index in [9.17, 15) is 5.11 Å². The lowest BCUT2D eigenvalue weighted by Crippen LogP contribution is -2.14. The van der Waals surface area contributed by atoms with Crippen LogP contribution in [0.2, 0.25) is 0 Å². The van der Waals surface area contributed by atoms with Crippen LogP contribution in [0.4, 0.5) is 0 Å². The highest BCUT2D eigenvalue weighted by molar-refractivity contribution is 9.10. The van der Waals surface area contributed by atoms with Crippen LogP contribution >= 0.6 is 31.9 Å². The number of rotatable bonds is 5. The van der Waals surface area contributed by atoms with Gasteiger partial charge in [0.15, 0.2) is 0 Å². The summed E-state index contributed by atoms with van der Waals surface area (Å²) < 4.78 is 8.63. The van der Waals surface area contributed by atoms with Crippen molar-refractivity contribution in [3.8, 4) is 0 Å². The Morgan fingerprint density at radius 3 is 2.80 bits per heavy atom. The first-order chi connectivity index (χ1) is 9.54. The minimum absolute atomic E-state index is 0.549. The summed E-state index contributed by atoms with van der Waals surface area (Å²) in [6.45, 7) is 3.13. The molecule has 1 aromatic carbocycles. The summed E-state index contributed by atoms with van der Waals surface area (Å²) in [5.74, 6) is 0. The second-order valence-electron chi connectivity index (χ2n) is 4.50. The number of ether oxygens (including phenoxy) is 1. The van der Waals surface area contributed by atoms with Crippen LogP contribution in [0.15, 0.2) is 33.3 Å². The quantitative estimate of drug-likeness (QED) is 0.831. The molecule has 2 aromatic rings. The first-order valence-corrected chi connectivity index (χ1v) is 7.77. The van der Waals surface area contributed by atoms with Gasteiger partial charge in [0.1, 0.15) is 6.10 Å². The van der Waals surface area contributed by atoms with Crippen LogP contribution in [0.3, 0.4) is 0 Å². The van der Waals surface area contributed by atoms with Gasteiger partial charge in [0.25, 0.3) is 0 Å². The summed E-state index contributed by atoms with van der Waals surface area (Å²) in [6.07, 6.45) is 0.972. The van der Waals surface area contributed by atoms with Gasteiger partial charge in [0, 0.05) is 11.6 Å². The molecule has 0 radical (unpaired) electrons. The maximum atomic E-state index is 10.7. The van der Waals surface area contributed by atoms with Gasteiger partial charge in [0.2, 0.25) is 0 Å². The van der Waals surface area contributed by atoms with E-state index in [1.807, 2.05) is 25.1 Å². The number of hydrogen-bond acceptors (Lipinski definition) is 3. The monoisotopic (exact) mass is 402 g/mol. The van der Waals surface area contributed by atoms with E-state index >= 15 is 0 Å². The van der Waals surface area contributed by atoms with Gasteiger partial charge in [-0.2, -0.15) is 5.10 Å².